The molecule has 156 valence electrons. The normalized spacial score (nSPS) is 15.5. The van der Waals surface area contributed by atoms with Gasteiger partial charge in [-0.2, -0.15) is 5.26 Å². The monoisotopic (exact) mass is 436 g/mol. The zero-order valence-corrected chi connectivity index (χ0v) is 17.5. The van der Waals surface area contributed by atoms with Gasteiger partial charge in [0.25, 0.3) is 0 Å². The van der Waals surface area contributed by atoms with Crippen LogP contribution in [0.3, 0.4) is 0 Å². The Morgan fingerprint density at radius 2 is 2.00 bits per heavy atom. The van der Waals surface area contributed by atoms with Crippen molar-refractivity contribution in [3.8, 4) is 17.2 Å². The minimum absolute atomic E-state index is 0.0672. The van der Waals surface area contributed by atoms with Gasteiger partial charge in [0.2, 0.25) is 0 Å². The van der Waals surface area contributed by atoms with E-state index in [4.69, 9.17) is 11.6 Å². The molecule has 31 heavy (non-hydrogen) atoms. The molecule has 0 bridgehead atoms. The van der Waals surface area contributed by atoms with Crippen LogP contribution in [0.1, 0.15) is 0 Å². The number of quaternary nitrogens is 1. The molecule has 1 aromatic heterocycles. The molecular formula is C23H20ClFN5O+. The molecule has 1 fully saturated rings. The van der Waals surface area contributed by atoms with E-state index < -0.39 is 0 Å². The maximum absolute atomic E-state index is 14.3. The lowest BCUT2D eigenvalue weighted by atomic mass is 10.0. The van der Waals surface area contributed by atoms with Crippen LogP contribution < -0.4 is 4.90 Å². The second-order valence-corrected chi connectivity index (χ2v) is 7.87. The van der Waals surface area contributed by atoms with Gasteiger partial charge in [0, 0.05) is 27.6 Å². The molecule has 1 saturated heterocycles. The van der Waals surface area contributed by atoms with Crippen LogP contribution in [0.25, 0.3) is 22.0 Å². The fourth-order valence-electron chi connectivity index (χ4n) is 4.05. The molecule has 0 spiro atoms. The molecule has 2 aromatic carbocycles. The largest absolute Gasteiger partial charge is 0.345 e. The van der Waals surface area contributed by atoms with Crippen molar-refractivity contribution in [1.82, 2.24) is 9.97 Å². The standard InChI is InChI=1S/C23H20ClFN5O/c1-2-22(31)30(10-7-26)11-8-29(9-12-30)23-18-13-19(24)17(14-21(18)27-15-28-23)16-5-3-4-6-20(16)25/h2-6,13-15H,1,8-12H2/q+1. The number of rotatable bonds is 4. The Morgan fingerprint density at radius 1 is 1.26 bits per heavy atom. The Morgan fingerprint density at radius 3 is 2.68 bits per heavy atom. The van der Waals surface area contributed by atoms with Crippen molar-refractivity contribution in [2.45, 2.75) is 0 Å². The number of hydrogen-bond donors (Lipinski definition) is 0. The van der Waals surface area contributed by atoms with E-state index in [1.165, 1.54) is 18.5 Å². The fourth-order valence-corrected chi connectivity index (χ4v) is 4.31. The molecule has 4 rings (SSSR count). The summed E-state index contributed by atoms with van der Waals surface area (Å²) in [6.07, 6.45) is 2.76. The van der Waals surface area contributed by atoms with E-state index in [0.29, 0.717) is 53.7 Å². The molecule has 3 aromatic rings. The number of halogens is 2. The summed E-state index contributed by atoms with van der Waals surface area (Å²) in [5, 5.41) is 10.4. The fraction of sp³-hybridized carbons (Fsp3) is 0.217. The van der Waals surface area contributed by atoms with E-state index >= 15 is 0 Å². The zero-order chi connectivity index (χ0) is 22.0. The predicted octanol–water partition coefficient (Wildman–Crippen LogP) is 3.96. The number of nitriles is 1. The van der Waals surface area contributed by atoms with Gasteiger partial charge in [-0.15, -0.1) is 0 Å². The molecule has 0 radical (unpaired) electrons. The Bertz CT molecular complexity index is 1210. The second kappa shape index (κ2) is 8.42. The molecule has 1 aliphatic heterocycles. The molecule has 2 heterocycles. The minimum Gasteiger partial charge on any atom is -0.345 e. The third kappa shape index (κ3) is 3.76. The van der Waals surface area contributed by atoms with E-state index in [9.17, 15) is 14.4 Å². The Kier molecular flexibility index (Phi) is 5.68. The highest BCUT2D eigenvalue weighted by atomic mass is 35.5. The first-order valence-corrected chi connectivity index (χ1v) is 10.2. The van der Waals surface area contributed by atoms with Gasteiger partial charge in [-0.25, -0.2) is 23.6 Å². The zero-order valence-electron chi connectivity index (χ0n) is 16.8. The molecule has 0 atom stereocenters. The van der Waals surface area contributed by atoms with Crippen LogP contribution in [-0.2, 0) is 4.79 Å². The first-order chi connectivity index (χ1) is 15.0. The van der Waals surface area contributed by atoms with Gasteiger partial charge in [0.05, 0.1) is 18.6 Å². The molecular weight excluding hydrogens is 417 g/mol. The summed E-state index contributed by atoms with van der Waals surface area (Å²) in [5.74, 6) is 0.201. The van der Waals surface area contributed by atoms with Crippen molar-refractivity contribution < 1.29 is 13.7 Å². The van der Waals surface area contributed by atoms with Gasteiger partial charge in [0.1, 0.15) is 37.1 Å². The summed E-state index contributed by atoms with van der Waals surface area (Å²) < 4.78 is 14.4. The van der Waals surface area contributed by atoms with Crippen LogP contribution in [-0.4, -0.2) is 53.1 Å². The van der Waals surface area contributed by atoms with Crippen LogP contribution in [0.15, 0.2) is 55.4 Å². The Labute approximate surface area is 184 Å². The first kappa shape index (κ1) is 20.9. The van der Waals surface area contributed by atoms with Crippen LogP contribution in [0.2, 0.25) is 5.02 Å². The van der Waals surface area contributed by atoms with Gasteiger partial charge >= 0.3 is 5.91 Å². The number of amides is 1. The lowest BCUT2D eigenvalue weighted by Crippen LogP contribution is -2.62. The average Bonchev–Trinajstić information content (AvgIpc) is 2.79. The number of aromatic nitrogens is 2. The molecule has 0 saturated carbocycles. The molecule has 8 heteroatoms. The van der Waals surface area contributed by atoms with Crippen molar-refractivity contribution in [2.75, 3.05) is 37.6 Å². The summed E-state index contributed by atoms with van der Waals surface area (Å²) in [7, 11) is 0. The molecule has 6 nitrogen and oxygen atoms in total. The smallest absolute Gasteiger partial charge is 0.338 e. The number of fused-ring (bicyclic) bond motifs is 1. The number of carbonyl (C=O) groups is 1. The van der Waals surface area contributed by atoms with Gasteiger partial charge in [-0.05, 0) is 18.2 Å². The van der Waals surface area contributed by atoms with E-state index in [1.807, 2.05) is 0 Å². The summed E-state index contributed by atoms with van der Waals surface area (Å²) in [5.41, 5.74) is 1.63. The first-order valence-electron chi connectivity index (χ1n) is 9.83. The lowest BCUT2D eigenvalue weighted by molar-refractivity contribution is -0.845. The third-order valence-corrected chi connectivity index (χ3v) is 6.09. The summed E-state index contributed by atoms with van der Waals surface area (Å²) in [6.45, 7) is 5.73. The van der Waals surface area contributed by atoms with Gasteiger partial charge < -0.3 is 4.90 Å². The number of benzene rings is 2. The van der Waals surface area contributed by atoms with Crippen molar-refractivity contribution in [3.05, 3.63) is 66.2 Å². The van der Waals surface area contributed by atoms with E-state index in [2.05, 4.69) is 27.5 Å². The van der Waals surface area contributed by atoms with Crippen molar-refractivity contribution in [3.63, 3.8) is 0 Å². The summed E-state index contributed by atoms with van der Waals surface area (Å²) >= 11 is 6.53. The highest BCUT2D eigenvalue weighted by Gasteiger charge is 2.39. The second-order valence-electron chi connectivity index (χ2n) is 7.46. The number of hydrogen-bond acceptors (Lipinski definition) is 5. The quantitative estimate of drug-likeness (QED) is 0.351. The molecule has 0 aliphatic carbocycles. The Balaban J connectivity index is 1.69. The molecule has 1 amide bonds. The van der Waals surface area contributed by atoms with Gasteiger partial charge in [-0.3, -0.25) is 0 Å². The van der Waals surface area contributed by atoms with Crippen LogP contribution in [0.5, 0.6) is 0 Å². The average molecular weight is 437 g/mol. The van der Waals surface area contributed by atoms with E-state index in [1.54, 1.807) is 30.3 Å². The number of nitrogens with zero attached hydrogens (tertiary/aromatic N) is 5. The van der Waals surface area contributed by atoms with E-state index in [0.717, 1.165) is 5.39 Å². The highest BCUT2D eigenvalue weighted by Crippen LogP contribution is 2.36. The molecule has 0 unspecified atom stereocenters. The van der Waals surface area contributed by atoms with Crippen molar-refractivity contribution >= 4 is 34.2 Å². The third-order valence-electron chi connectivity index (χ3n) is 5.78. The van der Waals surface area contributed by atoms with Crippen molar-refractivity contribution in [1.29, 1.82) is 5.26 Å². The number of anilines is 1. The minimum atomic E-state index is -0.354. The predicted molar refractivity (Wildman–Crippen MR) is 118 cm³/mol. The summed E-state index contributed by atoms with van der Waals surface area (Å²) in [6, 6.07) is 12.1. The maximum atomic E-state index is 14.3. The topological polar surface area (TPSA) is 69.9 Å². The highest BCUT2D eigenvalue weighted by molar-refractivity contribution is 6.34. The van der Waals surface area contributed by atoms with Crippen LogP contribution in [0.4, 0.5) is 10.2 Å². The number of carbonyl (C=O) groups excluding carboxylic acids is 1. The summed E-state index contributed by atoms with van der Waals surface area (Å²) in [4.78, 5) is 23.3. The molecule has 0 N–H and O–H groups in total. The van der Waals surface area contributed by atoms with Crippen LogP contribution in [0, 0.1) is 17.1 Å². The van der Waals surface area contributed by atoms with Crippen molar-refractivity contribution in [2.24, 2.45) is 0 Å². The molecule has 1 aliphatic rings. The Hall–Kier alpha value is -3.34. The van der Waals surface area contributed by atoms with Crippen LogP contribution >= 0.6 is 11.6 Å². The number of piperazine rings is 1. The van der Waals surface area contributed by atoms with E-state index in [-0.39, 0.29) is 22.8 Å². The SMILES string of the molecule is C=CC(=O)[N+]1(CC#N)CCN(c2ncnc3cc(-c4ccccc4F)c(Cl)cc23)CC1. The van der Waals surface area contributed by atoms with Gasteiger partial charge in [-0.1, -0.05) is 36.4 Å². The lowest BCUT2D eigenvalue weighted by Gasteiger charge is -2.41. The van der Waals surface area contributed by atoms with Gasteiger partial charge in [0.15, 0.2) is 6.54 Å². The maximum Gasteiger partial charge on any atom is 0.338 e.